The number of fused-ring (bicyclic) bond motifs is 2. The molecule has 0 saturated carbocycles. The topological polar surface area (TPSA) is 42.0 Å². The van der Waals surface area contributed by atoms with Gasteiger partial charge in [-0.2, -0.15) is 0 Å². The summed E-state index contributed by atoms with van der Waals surface area (Å²) in [6.07, 6.45) is 2.27. The molecule has 4 rings (SSSR count). The zero-order valence-corrected chi connectivity index (χ0v) is 13.0. The number of piperazine rings is 1. The summed E-state index contributed by atoms with van der Waals surface area (Å²) in [6.45, 7) is 5.93. The summed E-state index contributed by atoms with van der Waals surface area (Å²) in [5.41, 5.74) is 1.18. The zero-order chi connectivity index (χ0) is 15.1. The number of ether oxygens (including phenoxy) is 2. The van der Waals surface area contributed by atoms with Gasteiger partial charge < -0.3 is 14.4 Å². The maximum Gasteiger partial charge on any atom is 0.239 e. The van der Waals surface area contributed by atoms with Crippen LogP contribution in [0.3, 0.4) is 0 Å². The van der Waals surface area contributed by atoms with Crippen molar-refractivity contribution in [1.82, 2.24) is 9.80 Å². The van der Waals surface area contributed by atoms with Gasteiger partial charge in [0.2, 0.25) is 5.91 Å². The smallest absolute Gasteiger partial charge is 0.239 e. The molecule has 0 unspecified atom stereocenters. The van der Waals surface area contributed by atoms with Crippen LogP contribution in [-0.4, -0.2) is 54.1 Å². The van der Waals surface area contributed by atoms with Crippen molar-refractivity contribution in [3.8, 4) is 11.5 Å². The fourth-order valence-corrected chi connectivity index (χ4v) is 3.76. The lowest BCUT2D eigenvalue weighted by Crippen LogP contribution is -2.58. The van der Waals surface area contributed by atoms with Gasteiger partial charge in [-0.05, 0) is 37.5 Å². The maximum atomic E-state index is 12.5. The Bertz CT molecular complexity index is 589. The highest BCUT2D eigenvalue weighted by atomic mass is 16.6. The van der Waals surface area contributed by atoms with Gasteiger partial charge in [-0.25, -0.2) is 0 Å². The average Bonchev–Trinajstić information content (AvgIpc) is 3.01. The van der Waals surface area contributed by atoms with Crippen molar-refractivity contribution in [3.63, 3.8) is 0 Å². The van der Waals surface area contributed by atoms with Crippen molar-refractivity contribution in [2.75, 3.05) is 26.3 Å². The summed E-state index contributed by atoms with van der Waals surface area (Å²) in [5.74, 6) is 1.92. The van der Waals surface area contributed by atoms with E-state index in [-0.39, 0.29) is 11.9 Å². The molecule has 0 N–H and O–H groups in total. The molecule has 1 amide bonds. The van der Waals surface area contributed by atoms with E-state index in [0.29, 0.717) is 19.3 Å². The number of hydrogen-bond donors (Lipinski definition) is 0. The Balaban J connectivity index is 1.51. The highest BCUT2D eigenvalue weighted by Crippen LogP contribution is 2.32. The Morgan fingerprint density at radius 1 is 1.23 bits per heavy atom. The molecule has 5 nitrogen and oxygen atoms in total. The van der Waals surface area contributed by atoms with Crippen LogP contribution >= 0.6 is 0 Å². The normalized spacial score (nSPS) is 27.9. The SMILES string of the molecule is C[C@@H]1C(=O)N2CCC[C@@H]2CN1Cc1ccc2c(c1)OCCO2. The lowest BCUT2D eigenvalue weighted by molar-refractivity contribution is -0.143. The van der Waals surface area contributed by atoms with Crippen LogP contribution in [0.25, 0.3) is 0 Å². The number of rotatable bonds is 2. The first-order chi connectivity index (χ1) is 10.7. The van der Waals surface area contributed by atoms with E-state index in [1.807, 2.05) is 19.1 Å². The van der Waals surface area contributed by atoms with Crippen LogP contribution in [-0.2, 0) is 11.3 Å². The van der Waals surface area contributed by atoms with Gasteiger partial charge in [0.1, 0.15) is 13.2 Å². The van der Waals surface area contributed by atoms with Gasteiger partial charge in [0.25, 0.3) is 0 Å². The Labute approximate surface area is 130 Å². The molecule has 5 heteroatoms. The van der Waals surface area contributed by atoms with E-state index < -0.39 is 0 Å². The molecule has 3 heterocycles. The Hall–Kier alpha value is -1.75. The summed E-state index contributed by atoms with van der Waals surface area (Å²) in [6, 6.07) is 6.46. The first-order valence-electron chi connectivity index (χ1n) is 8.15. The van der Waals surface area contributed by atoms with E-state index in [1.54, 1.807) is 0 Å². The minimum absolute atomic E-state index is 0.0393. The number of amides is 1. The van der Waals surface area contributed by atoms with E-state index in [4.69, 9.17) is 9.47 Å². The third-order valence-corrected chi connectivity index (χ3v) is 5.00. The second kappa shape index (κ2) is 5.47. The minimum Gasteiger partial charge on any atom is -0.486 e. The molecule has 2 saturated heterocycles. The lowest BCUT2D eigenvalue weighted by Gasteiger charge is -2.41. The summed E-state index contributed by atoms with van der Waals surface area (Å²) in [7, 11) is 0. The molecule has 2 atom stereocenters. The zero-order valence-electron chi connectivity index (χ0n) is 13.0. The molecule has 0 aliphatic carbocycles. The van der Waals surface area contributed by atoms with Crippen LogP contribution in [0.1, 0.15) is 25.3 Å². The van der Waals surface area contributed by atoms with Crippen molar-refractivity contribution < 1.29 is 14.3 Å². The Kier molecular flexibility index (Phi) is 3.45. The second-order valence-electron chi connectivity index (χ2n) is 6.41. The van der Waals surface area contributed by atoms with Crippen LogP contribution in [0.15, 0.2) is 18.2 Å². The van der Waals surface area contributed by atoms with Crippen LogP contribution in [0.2, 0.25) is 0 Å². The van der Waals surface area contributed by atoms with E-state index in [0.717, 1.165) is 44.0 Å². The number of nitrogens with zero attached hydrogens (tertiary/aromatic N) is 2. The van der Waals surface area contributed by atoms with Crippen molar-refractivity contribution >= 4 is 5.91 Å². The standard InChI is InChI=1S/C17H22N2O3/c1-12-17(20)19-6-2-3-14(19)11-18(12)10-13-4-5-15-16(9-13)22-8-7-21-15/h4-5,9,12,14H,2-3,6-8,10-11H2,1H3/t12-,14-/m1/s1. The molecule has 0 bridgehead atoms. The third-order valence-electron chi connectivity index (χ3n) is 5.00. The predicted octanol–water partition coefficient (Wildman–Crippen LogP) is 1.65. The van der Waals surface area contributed by atoms with Crippen molar-refractivity contribution in [2.45, 2.75) is 38.4 Å². The van der Waals surface area contributed by atoms with E-state index in [1.165, 1.54) is 5.56 Å². The molecule has 2 fully saturated rings. The van der Waals surface area contributed by atoms with Gasteiger partial charge >= 0.3 is 0 Å². The molecular weight excluding hydrogens is 280 g/mol. The van der Waals surface area contributed by atoms with Gasteiger partial charge in [-0.15, -0.1) is 0 Å². The van der Waals surface area contributed by atoms with Crippen molar-refractivity contribution in [1.29, 1.82) is 0 Å². The molecule has 118 valence electrons. The lowest BCUT2D eigenvalue weighted by atomic mass is 10.1. The third kappa shape index (κ3) is 2.33. The fraction of sp³-hybridized carbons (Fsp3) is 0.588. The van der Waals surface area contributed by atoms with Crippen LogP contribution < -0.4 is 9.47 Å². The molecule has 1 aromatic carbocycles. The van der Waals surface area contributed by atoms with Gasteiger partial charge in [0, 0.05) is 25.7 Å². The number of hydrogen-bond acceptors (Lipinski definition) is 4. The van der Waals surface area contributed by atoms with Gasteiger partial charge in [-0.3, -0.25) is 9.69 Å². The van der Waals surface area contributed by atoms with Crippen LogP contribution in [0.5, 0.6) is 11.5 Å². The molecule has 3 aliphatic rings. The molecule has 0 spiro atoms. The summed E-state index contributed by atoms with van der Waals surface area (Å²) in [5, 5.41) is 0. The quantitative estimate of drug-likeness (QED) is 0.833. The fourth-order valence-electron chi connectivity index (χ4n) is 3.76. The van der Waals surface area contributed by atoms with Crippen molar-refractivity contribution in [3.05, 3.63) is 23.8 Å². The average molecular weight is 302 g/mol. The maximum absolute atomic E-state index is 12.5. The second-order valence-corrected chi connectivity index (χ2v) is 6.41. The largest absolute Gasteiger partial charge is 0.486 e. The first kappa shape index (κ1) is 13.9. The monoisotopic (exact) mass is 302 g/mol. The molecule has 22 heavy (non-hydrogen) atoms. The predicted molar refractivity (Wildman–Crippen MR) is 82.0 cm³/mol. The van der Waals surface area contributed by atoms with Crippen molar-refractivity contribution in [2.24, 2.45) is 0 Å². The highest BCUT2D eigenvalue weighted by Gasteiger charge is 2.40. The summed E-state index contributed by atoms with van der Waals surface area (Å²) >= 11 is 0. The molecule has 3 aliphatic heterocycles. The van der Waals surface area contributed by atoms with Gasteiger partial charge in [-0.1, -0.05) is 6.07 Å². The molecule has 1 aromatic rings. The number of carbonyl (C=O) groups is 1. The van der Waals surface area contributed by atoms with E-state index in [2.05, 4.69) is 15.9 Å². The van der Waals surface area contributed by atoms with E-state index >= 15 is 0 Å². The number of carbonyl (C=O) groups excluding carboxylic acids is 1. The molecular formula is C17H22N2O3. The first-order valence-corrected chi connectivity index (χ1v) is 8.15. The minimum atomic E-state index is -0.0393. The number of benzene rings is 1. The Morgan fingerprint density at radius 2 is 2.05 bits per heavy atom. The van der Waals surface area contributed by atoms with E-state index in [9.17, 15) is 4.79 Å². The van der Waals surface area contributed by atoms with Crippen LogP contribution in [0.4, 0.5) is 0 Å². The van der Waals surface area contributed by atoms with Gasteiger partial charge in [0.15, 0.2) is 11.5 Å². The van der Waals surface area contributed by atoms with Crippen LogP contribution in [0, 0.1) is 0 Å². The molecule has 0 aromatic heterocycles. The highest BCUT2D eigenvalue weighted by molar-refractivity contribution is 5.83. The summed E-state index contributed by atoms with van der Waals surface area (Å²) in [4.78, 5) is 16.8. The molecule has 0 radical (unpaired) electrons. The Morgan fingerprint density at radius 3 is 2.91 bits per heavy atom. The van der Waals surface area contributed by atoms with Gasteiger partial charge in [0.05, 0.1) is 6.04 Å². The summed E-state index contributed by atoms with van der Waals surface area (Å²) < 4.78 is 11.2.